The van der Waals surface area contributed by atoms with Gasteiger partial charge in [-0.25, -0.2) is 4.79 Å². The second-order valence-electron chi connectivity index (χ2n) is 7.01. The van der Waals surface area contributed by atoms with Gasteiger partial charge in [-0.1, -0.05) is 13.8 Å². The number of hydrogen-bond donors (Lipinski definition) is 8. The first-order chi connectivity index (χ1) is 14.3. The van der Waals surface area contributed by atoms with Crippen LogP contribution in [0, 0.1) is 5.92 Å². The van der Waals surface area contributed by atoms with Crippen molar-refractivity contribution in [1.29, 1.82) is 0 Å². The lowest BCUT2D eigenvalue weighted by molar-refractivity contribution is -0.143. The molecule has 0 heterocycles. The molecule has 176 valence electrons. The fourth-order valence-electron chi connectivity index (χ4n) is 2.33. The van der Waals surface area contributed by atoms with Gasteiger partial charge in [0.15, 0.2) is 0 Å². The van der Waals surface area contributed by atoms with Crippen LogP contribution in [0.1, 0.15) is 33.1 Å². The van der Waals surface area contributed by atoms with E-state index in [0.29, 0.717) is 0 Å². The molecule has 0 rings (SSSR count). The van der Waals surface area contributed by atoms with Gasteiger partial charge >= 0.3 is 17.9 Å². The molecule has 8 N–H and O–H groups in total. The summed E-state index contributed by atoms with van der Waals surface area (Å²) < 4.78 is 0. The average Bonchev–Trinajstić information content (AvgIpc) is 2.65. The van der Waals surface area contributed by atoms with Crippen LogP contribution in [0.3, 0.4) is 0 Å². The van der Waals surface area contributed by atoms with Gasteiger partial charge in [-0.2, -0.15) is 12.6 Å². The Labute approximate surface area is 183 Å². The minimum atomic E-state index is -1.48. The van der Waals surface area contributed by atoms with Crippen LogP contribution in [0.25, 0.3) is 0 Å². The van der Waals surface area contributed by atoms with Gasteiger partial charge in [0.25, 0.3) is 0 Å². The van der Waals surface area contributed by atoms with Gasteiger partial charge in [0, 0.05) is 12.2 Å². The summed E-state index contributed by atoms with van der Waals surface area (Å²) in [5.41, 5.74) is 5.44. The van der Waals surface area contributed by atoms with Crippen molar-refractivity contribution in [2.75, 3.05) is 5.75 Å². The fourth-order valence-corrected chi connectivity index (χ4v) is 2.59. The summed E-state index contributed by atoms with van der Waals surface area (Å²) in [6.45, 7) is 3.16. The summed E-state index contributed by atoms with van der Waals surface area (Å²) in [5.74, 6) is -7.24. The molecular weight excluding hydrogens is 436 g/mol. The van der Waals surface area contributed by atoms with Gasteiger partial charge in [-0.15, -0.1) is 0 Å². The highest BCUT2D eigenvalue weighted by Crippen LogP contribution is 2.06. The highest BCUT2D eigenvalue weighted by molar-refractivity contribution is 7.80. The molecule has 0 saturated heterocycles. The molecule has 0 spiro atoms. The first kappa shape index (κ1) is 28.1. The van der Waals surface area contributed by atoms with Gasteiger partial charge in [0.1, 0.15) is 18.1 Å². The van der Waals surface area contributed by atoms with E-state index < -0.39 is 78.6 Å². The first-order valence-electron chi connectivity index (χ1n) is 9.24. The SMILES string of the molecule is CC(C)C(NC(=O)C(CS)NC(=O)C(N)CC(=O)O)C(=O)NC(CCC(=O)O)C(=O)O. The van der Waals surface area contributed by atoms with E-state index in [0.717, 1.165) is 0 Å². The quantitative estimate of drug-likeness (QED) is 0.129. The number of amides is 3. The summed E-state index contributed by atoms with van der Waals surface area (Å²) in [7, 11) is 0. The lowest BCUT2D eigenvalue weighted by Crippen LogP contribution is -2.59. The maximum atomic E-state index is 12.5. The van der Waals surface area contributed by atoms with Crippen molar-refractivity contribution < 1.29 is 44.1 Å². The summed E-state index contributed by atoms with van der Waals surface area (Å²) in [6, 6.07) is -5.32. The first-order valence-corrected chi connectivity index (χ1v) is 9.87. The number of carbonyl (C=O) groups excluding carboxylic acids is 3. The molecule has 0 aliphatic carbocycles. The highest BCUT2D eigenvalue weighted by Gasteiger charge is 2.31. The number of carbonyl (C=O) groups is 6. The fraction of sp³-hybridized carbons (Fsp3) is 0.647. The molecule has 0 bridgehead atoms. The molecular formula is C17H28N4O9S. The molecule has 0 aromatic carbocycles. The van der Waals surface area contributed by atoms with Crippen molar-refractivity contribution in [3.05, 3.63) is 0 Å². The number of carboxylic acids is 3. The lowest BCUT2D eigenvalue weighted by Gasteiger charge is -2.26. The Bertz CT molecular complexity index is 701. The summed E-state index contributed by atoms with van der Waals surface area (Å²) in [5, 5.41) is 33.4. The molecule has 0 saturated carbocycles. The van der Waals surface area contributed by atoms with E-state index in [1.165, 1.54) is 0 Å². The monoisotopic (exact) mass is 464 g/mol. The molecule has 4 unspecified atom stereocenters. The second kappa shape index (κ2) is 13.4. The normalized spacial score (nSPS) is 14.6. The Morgan fingerprint density at radius 2 is 1.39 bits per heavy atom. The van der Waals surface area contributed by atoms with Gasteiger partial charge in [-0.05, 0) is 12.3 Å². The van der Waals surface area contributed by atoms with Crippen molar-refractivity contribution in [2.24, 2.45) is 11.7 Å². The molecule has 4 atom stereocenters. The molecule has 0 aliphatic rings. The van der Waals surface area contributed by atoms with Gasteiger partial charge < -0.3 is 37.0 Å². The van der Waals surface area contributed by atoms with Crippen LogP contribution in [0.2, 0.25) is 0 Å². The molecule has 0 aromatic rings. The Hall–Kier alpha value is -2.87. The molecule has 0 aliphatic heterocycles. The van der Waals surface area contributed by atoms with E-state index in [1.807, 2.05) is 0 Å². The largest absolute Gasteiger partial charge is 0.481 e. The van der Waals surface area contributed by atoms with Crippen LogP contribution >= 0.6 is 12.6 Å². The van der Waals surface area contributed by atoms with E-state index >= 15 is 0 Å². The number of nitrogens with two attached hydrogens (primary N) is 1. The molecule has 3 amide bonds. The van der Waals surface area contributed by atoms with Crippen LogP contribution in [0.5, 0.6) is 0 Å². The average molecular weight is 464 g/mol. The maximum absolute atomic E-state index is 12.5. The Morgan fingerprint density at radius 3 is 1.81 bits per heavy atom. The van der Waals surface area contributed by atoms with Gasteiger partial charge in [0.05, 0.1) is 12.5 Å². The maximum Gasteiger partial charge on any atom is 0.326 e. The zero-order valence-electron chi connectivity index (χ0n) is 17.0. The lowest BCUT2D eigenvalue weighted by atomic mass is 10.0. The predicted molar refractivity (Wildman–Crippen MR) is 109 cm³/mol. The van der Waals surface area contributed by atoms with Gasteiger partial charge in [-0.3, -0.25) is 24.0 Å². The Kier molecular flexibility index (Phi) is 12.2. The number of carboxylic acid groups (broad SMARTS) is 3. The van der Waals surface area contributed by atoms with Crippen molar-refractivity contribution >= 4 is 48.3 Å². The van der Waals surface area contributed by atoms with E-state index in [2.05, 4.69) is 28.6 Å². The topological polar surface area (TPSA) is 225 Å². The second-order valence-corrected chi connectivity index (χ2v) is 7.38. The molecule has 0 aromatic heterocycles. The molecule has 31 heavy (non-hydrogen) atoms. The van der Waals surface area contributed by atoms with Gasteiger partial charge in [0.2, 0.25) is 17.7 Å². The van der Waals surface area contributed by atoms with E-state index in [4.69, 9.17) is 15.9 Å². The number of nitrogens with one attached hydrogen (secondary N) is 3. The third-order valence-corrected chi connectivity index (χ3v) is 4.42. The number of rotatable bonds is 14. The van der Waals surface area contributed by atoms with Crippen molar-refractivity contribution in [1.82, 2.24) is 16.0 Å². The van der Waals surface area contributed by atoms with E-state index in [-0.39, 0.29) is 12.2 Å². The summed E-state index contributed by atoms with van der Waals surface area (Å²) >= 11 is 3.96. The Balaban J connectivity index is 5.19. The van der Waals surface area contributed by atoms with Crippen molar-refractivity contribution in [3.8, 4) is 0 Å². The standard InChI is InChI=1S/C17H28N4O9S/c1-7(2)13(16(28)19-9(17(29)30)3-4-11(22)23)21-15(27)10(6-31)20-14(26)8(18)5-12(24)25/h7-10,13,31H,3-6,18H2,1-2H3,(H,19,28)(H,20,26)(H,21,27)(H,22,23)(H,24,25)(H,29,30). The van der Waals surface area contributed by atoms with Crippen LogP contribution in [0.4, 0.5) is 0 Å². The minimum Gasteiger partial charge on any atom is -0.481 e. The van der Waals surface area contributed by atoms with Crippen molar-refractivity contribution in [2.45, 2.75) is 57.3 Å². The van der Waals surface area contributed by atoms with Crippen LogP contribution in [-0.4, -0.2) is 80.9 Å². The summed E-state index contributed by atoms with van der Waals surface area (Å²) in [6.07, 6.45) is -1.50. The van der Waals surface area contributed by atoms with E-state index in [1.54, 1.807) is 13.8 Å². The molecule has 0 radical (unpaired) electrons. The van der Waals surface area contributed by atoms with Crippen LogP contribution in [0.15, 0.2) is 0 Å². The minimum absolute atomic E-state index is 0.194. The third-order valence-electron chi connectivity index (χ3n) is 4.06. The third kappa shape index (κ3) is 10.6. The summed E-state index contributed by atoms with van der Waals surface area (Å²) in [4.78, 5) is 69.5. The van der Waals surface area contributed by atoms with Crippen LogP contribution in [-0.2, 0) is 28.8 Å². The Morgan fingerprint density at radius 1 is 0.839 bits per heavy atom. The predicted octanol–water partition coefficient (Wildman–Crippen LogP) is -2.22. The molecule has 0 fully saturated rings. The molecule has 13 nitrogen and oxygen atoms in total. The smallest absolute Gasteiger partial charge is 0.326 e. The number of thiol groups is 1. The zero-order valence-corrected chi connectivity index (χ0v) is 17.9. The highest BCUT2D eigenvalue weighted by atomic mass is 32.1. The zero-order chi connectivity index (χ0) is 24.3. The van der Waals surface area contributed by atoms with Crippen LogP contribution < -0.4 is 21.7 Å². The number of aliphatic carboxylic acids is 3. The van der Waals surface area contributed by atoms with E-state index in [9.17, 15) is 33.9 Å². The molecule has 14 heteroatoms. The number of hydrogen-bond acceptors (Lipinski definition) is 8. The van der Waals surface area contributed by atoms with Crippen molar-refractivity contribution in [3.63, 3.8) is 0 Å².